The van der Waals surface area contributed by atoms with Gasteiger partial charge in [0.15, 0.2) is 0 Å². The van der Waals surface area contributed by atoms with Crippen LogP contribution in [-0.4, -0.2) is 28.2 Å². The van der Waals surface area contributed by atoms with Crippen LogP contribution in [0, 0.1) is 6.92 Å². The molecule has 0 aliphatic heterocycles. The third-order valence-corrected chi connectivity index (χ3v) is 2.79. The first-order valence-corrected chi connectivity index (χ1v) is 5.97. The molecule has 2 rings (SSSR count). The molecule has 2 heterocycles. The number of hydrogen-bond donors (Lipinski definition) is 1. The van der Waals surface area contributed by atoms with E-state index in [1.54, 1.807) is 13.3 Å². The average molecular weight is 246 g/mol. The smallest absolute Gasteiger partial charge is 0.213 e. The van der Waals surface area contributed by atoms with Gasteiger partial charge in [-0.25, -0.2) is 9.97 Å². The summed E-state index contributed by atoms with van der Waals surface area (Å²) in [5, 5.41) is 3.39. The second-order valence-corrected chi connectivity index (χ2v) is 4.05. The number of imidazole rings is 1. The molecule has 0 spiro atoms. The van der Waals surface area contributed by atoms with Crippen LogP contribution in [0.4, 0.5) is 0 Å². The van der Waals surface area contributed by atoms with Crippen molar-refractivity contribution in [3.63, 3.8) is 0 Å². The van der Waals surface area contributed by atoms with Crippen LogP contribution in [0.1, 0.15) is 11.4 Å². The number of rotatable bonds is 6. The van der Waals surface area contributed by atoms with Gasteiger partial charge >= 0.3 is 0 Å². The Morgan fingerprint density at radius 3 is 2.94 bits per heavy atom. The van der Waals surface area contributed by atoms with Crippen molar-refractivity contribution in [2.24, 2.45) is 0 Å². The van der Waals surface area contributed by atoms with Crippen molar-refractivity contribution in [1.82, 2.24) is 19.9 Å². The molecular weight excluding hydrogens is 228 g/mol. The van der Waals surface area contributed by atoms with E-state index in [0.29, 0.717) is 5.88 Å². The number of nitrogens with one attached hydrogen (secondary N) is 1. The normalized spacial score (nSPS) is 10.6. The van der Waals surface area contributed by atoms with E-state index < -0.39 is 0 Å². The van der Waals surface area contributed by atoms with E-state index in [1.807, 2.05) is 31.5 Å². The third-order valence-electron chi connectivity index (χ3n) is 2.79. The molecular formula is C13H18N4O. The largest absolute Gasteiger partial charge is 0.481 e. The van der Waals surface area contributed by atoms with Crippen LogP contribution < -0.4 is 10.1 Å². The Morgan fingerprint density at radius 1 is 1.33 bits per heavy atom. The zero-order chi connectivity index (χ0) is 12.8. The zero-order valence-electron chi connectivity index (χ0n) is 10.8. The highest BCUT2D eigenvalue weighted by Crippen LogP contribution is 2.07. The molecule has 0 atom stereocenters. The molecule has 0 aliphatic carbocycles. The van der Waals surface area contributed by atoms with Crippen LogP contribution in [0.3, 0.4) is 0 Å². The van der Waals surface area contributed by atoms with Gasteiger partial charge in [0.2, 0.25) is 5.88 Å². The molecule has 0 fully saturated rings. The molecule has 1 N–H and O–H groups in total. The first-order valence-electron chi connectivity index (χ1n) is 5.97. The van der Waals surface area contributed by atoms with E-state index in [9.17, 15) is 0 Å². The molecule has 0 saturated heterocycles. The summed E-state index contributed by atoms with van der Waals surface area (Å²) < 4.78 is 7.21. The van der Waals surface area contributed by atoms with Crippen LogP contribution in [0.15, 0.2) is 30.7 Å². The molecule has 96 valence electrons. The Hall–Kier alpha value is -1.88. The summed E-state index contributed by atoms with van der Waals surface area (Å²) in [6.45, 7) is 4.65. The highest BCUT2D eigenvalue weighted by atomic mass is 16.5. The van der Waals surface area contributed by atoms with E-state index >= 15 is 0 Å². The number of aromatic nitrogens is 3. The van der Waals surface area contributed by atoms with E-state index in [4.69, 9.17) is 4.74 Å². The minimum atomic E-state index is 0.653. The summed E-state index contributed by atoms with van der Waals surface area (Å²) in [6, 6.07) is 3.92. The van der Waals surface area contributed by atoms with Gasteiger partial charge < -0.3 is 14.6 Å². The topological polar surface area (TPSA) is 52.0 Å². The predicted molar refractivity (Wildman–Crippen MR) is 69.5 cm³/mol. The lowest BCUT2D eigenvalue weighted by atomic mass is 10.2. The van der Waals surface area contributed by atoms with Gasteiger partial charge in [-0.3, -0.25) is 0 Å². The first kappa shape index (κ1) is 12.6. The molecule has 5 nitrogen and oxygen atoms in total. The van der Waals surface area contributed by atoms with Gasteiger partial charge in [-0.05, 0) is 18.6 Å². The molecule has 0 saturated carbocycles. The Morgan fingerprint density at radius 2 is 2.22 bits per heavy atom. The molecule has 5 heteroatoms. The molecule has 0 radical (unpaired) electrons. The molecule has 2 aromatic rings. The van der Waals surface area contributed by atoms with E-state index in [-0.39, 0.29) is 0 Å². The van der Waals surface area contributed by atoms with Gasteiger partial charge in [0.1, 0.15) is 5.82 Å². The highest BCUT2D eigenvalue weighted by Gasteiger charge is 1.98. The number of nitrogens with zero attached hydrogens (tertiary/aromatic N) is 3. The van der Waals surface area contributed by atoms with Gasteiger partial charge in [-0.2, -0.15) is 0 Å². The van der Waals surface area contributed by atoms with Gasteiger partial charge in [0.05, 0.1) is 7.11 Å². The minimum absolute atomic E-state index is 0.653. The van der Waals surface area contributed by atoms with E-state index in [2.05, 4.69) is 19.9 Å². The number of methoxy groups -OCH3 is 1. The number of aryl methyl sites for hydroxylation is 1. The van der Waals surface area contributed by atoms with Crippen molar-refractivity contribution in [2.75, 3.05) is 13.7 Å². The first-order chi connectivity index (χ1) is 8.79. The minimum Gasteiger partial charge on any atom is -0.481 e. The fraction of sp³-hybridized carbons (Fsp3) is 0.385. The van der Waals surface area contributed by atoms with Gasteiger partial charge in [0.25, 0.3) is 0 Å². The second kappa shape index (κ2) is 6.16. The SMILES string of the molecule is COc1cc(CNCCn2ccnc2C)ccn1. The lowest BCUT2D eigenvalue weighted by molar-refractivity contribution is 0.397. The van der Waals surface area contributed by atoms with Crippen LogP contribution in [0.5, 0.6) is 5.88 Å². The summed E-state index contributed by atoms with van der Waals surface area (Å²) in [6.07, 6.45) is 5.57. The van der Waals surface area contributed by atoms with Crippen molar-refractivity contribution in [2.45, 2.75) is 20.0 Å². The summed E-state index contributed by atoms with van der Waals surface area (Å²) in [5.41, 5.74) is 1.17. The highest BCUT2D eigenvalue weighted by molar-refractivity contribution is 5.20. The fourth-order valence-corrected chi connectivity index (χ4v) is 1.74. The second-order valence-electron chi connectivity index (χ2n) is 4.05. The van der Waals surface area contributed by atoms with Crippen molar-refractivity contribution < 1.29 is 4.74 Å². The monoisotopic (exact) mass is 246 g/mol. The Bertz CT molecular complexity index is 495. The van der Waals surface area contributed by atoms with Crippen LogP contribution in [0.2, 0.25) is 0 Å². The van der Waals surface area contributed by atoms with E-state index in [1.165, 1.54) is 5.56 Å². The van der Waals surface area contributed by atoms with E-state index in [0.717, 1.165) is 25.5 Å². The maximum atomic E-state index is 5.08. The third kappa shape index (κ3) is 3.30. The van der Waals surface area contributed by atoms with Crippen molar-refractivity contribution in [3.8, 4) is 5.88 Å². The number of hydrogen-bond acceptors (Lipinski definition) is 4. The lowest BCUT2D eigenvalue weighted by Gasteiger charge is -2.07. The molecule has 0 aromatic carbocycles. The molecule has 0 aliphatic rings. The molecule has 0 bridgehead atoms. The van der Waals surface area contributed by atoms with Crippen LogP contribution in [0.25, 0.3) is 0 Å². The van der Waals surface area contributed by atoms with Crippen molar-refractivity contribution >= 4 is 0 Å². The van der Waals surface area contributed by atoms with Crippen molar-refractivity contribution in [1.29, 1.82) is 0 Å². The van der Waals surface area contributed by atoms with Gasteiger partial charge in [0, 0.05) is 44.3 Å². The van der Waals surface area contributed by atoms with Crippen LogP contribution >= 0.6 is 0 Å². The maximum Gasteiger partial charge on any atom is 0.213 e. The Kier molecular flexibility index (Phi) is 4.30. The van der Waals surface area contributed by atoms with Crippen LogP contribution in [-0.2, 0) is 13.1 Å². The predicted octanol–water partition coefficient (Wildman–Crippen LogP) is 1.38. The standard InChI is InChI=1S/C13H18N4O/c1-11-15-6-8-17(11)7-5-14-10-12-3-4-16-13(9-12)18-2/h3-4,6,8-9,14H,5,7,10H2,1-2H3. The maximum absolute atomic E-state index is 5.08. The quantitative estimate of drug-likeness (QED) is 0.782. The summed E-state index contributed by atoms with van der Waals surface area (Å²) in [7, 11) is 1.63. The summed E-state index contributed by atoms with van der Waals surface area (Å²) >= 11 is 0. The average Bonchev–Trinajstić information content (AvgIpc) is 2.81. The Labute approximate surface area is 107 Å². The lowest BCUT2D eigenvalue weighted by Crippen LogP contribution is -2.19. The summed E-state index contributed by atoms with van der Waals surface area (Å²) in [5.74, 6) is 1.70. The molecule has 0 unspecified atom stereocenters. The summed E-state index contributed by atoms with van der Waals surface area (Å²) in [4.78, 5) is 8.26. The molecule has 2 aromatic heterocycles. The molecule has 18 heavy (non-hydrogen) atoms. The molecule has 0 amide bonds. The van der Waals surface area contributed by atoms with Gasteiger partial charge in [-0.15, -0.1) is 0 Å². The number of pyridine rings is 1. The fourth-order valence-electron chi connectivity index (χ4n) is 1.74. The number of ether oxygens (including phenoxy) is 1. The van der Waals surface area contributed by atoms with Crippen molar-refractivity contribution in [3.05, 3.63) is 42.1 Å². The Balaban J connectivity index is 1.76. The van der Waals surface area contributed by atoms with Gasteiger partial charge in [-0.1, -0.05) is 0 Å². The zero-order valence-corrected chi connectivity index (χ0v) is 10.8.